The molecule has 19 heavy (non-hydrogen) atoms. The minimum absolute atomic E-state index is 0.00649. The molecule has 0 aromatic heterocycles. The normalized spacial score (nSPS) is 15.6. The standard InChI is InChI=1S/C12H12ClN3O3/c13-10-2-1-3-11(16(17)18)12(10)19-7-9(6-14)15-8-4-5-8/h1-3,8-9,15H,4-5,7H2. The SMILES string of the molecule is N#CC(COc1c(Cl)cccc1[N+](=O)[O-])NC1CC1. The third kappa shape index (κ3) is 3.56. The minimum Gasteiger partial charge on any atom is -0.483 e. The van der Waals surface area contributed by atoms with E-state index < -0.39 is 11.0 Å². The molecule has 1 aliphatic carbocycles. The van der Waals surface area contributed by atoms with Crippen molar-refractivity contribution in [1.82, 2.24) is 5.32 Å². The highest BCUT2D eigenvalue weighted by Gasteiger charge is 2.26. The lowest BCUT2D eigenvalue weighted by Gasteiger charge is -2.13. The molecule has 0 heterocycles. The monoisotopic (exact) mass is 281 g/mol. The molecule has 0 radical (unpaired) electrons. The number of benzene rings is 1. The molecule has 0 amide bonds. The molecule has 100 valence electrons. The Hall–Kier alpha value is -1.84. The topological polar surface area (TPSA) is 88.2 Å². The number of hydrogen-bond acceptors (Lipinski definition) is 5. The number of ether oxygens (including phenoxy) is 1. The summed E-state index contributed by atoms with van der Waals surface area (Å²) in [7, 11) is 0. The molecule has 7 heteroatoms. The van der Waals surface area contributed by atoms with Gasteiger partial charge in [-0.15, -0.1) is 0 Å². The summed E-state index contributed by atoms with van der Waals surface area (Å²) in [5, 5.41) is 23.1. The second-order valence-electron chi connectivity index (χ2n) is 4.28. The van der Waals surface area contributed by atoms with Gasteiger partial charge in [0.2, 0.25) is 5.75 Å². The van der Waals surface area contributed by atoms with Crippen molar-refractivity contribution in [3.05, 3.63) is 33.3 Å². The van der Waals surface area contributed by atoms with Crippen LogP contribution in [-0.2, 0) is 0 Å². The minimum atomic E-state index is -0.559. The summed E-state index contributed by atoms with van der Waals surface area (Å²) in [6.07, 6.45) is 2.09. The van der Waals surface area contributed by atoms with Gasteiger partial charge in [0.1, 0.15) is 12.6 Å². The summed E-state index contributed by atoms with van der Waals surface area (Å²) in [6.45, 7) is 0.0254. The van der Waals surface area contributed by atoms with Crippen LogP contribution in [0.2, 0.25) is 5.02 Å². The lowest BCUT2D eigenvalue weighted by Crippen LogP contribution is -2.34. The molecule has 1 unspecified atom stereocenters. The summed E-state index contributed by atoms with van der Waals surface area (Å²) in [4.78, 5) is 10.3. The first kappa shape index (κ1) is 13.6. The van der Waals surface area contributed by atoms with Gasteiger partial charge in [-0.1, -0.05) is 17.7 Å². The summed E-state index contributed by atoms with van der Waals surface area (Å²) < 4.78 is 5.35. The van der Waals surface area contributed by atoms with Crippen LogP contribution in [0.1, 0.15) is 12.8 Å². The Kier molecular flexibility index (Phi) is 4.20. The van der Waals surface area contributed by atoms with Gasteiger partial charge < -0.3 is 4.74 Å². The first-order chi connectivity index (χ1) is 9.11. The summed E-state index contributed by atoms with van der Waals surface area (Å²) in [5.41, 5.74) is -0.199. The van der Waals surface area contributed by atoms with E-state index in [4.69, 9.17) is 21.6 Å². The van der Waals surface area contributed by atoms with Crippen LogP contribution in [0.4, 0.5) is 5.69 Å². The van der Waals surface area contributed by atoms with Gasteiger partial charge in [0.05, 0.1) is 16.0 Å². The average Bonchev–Trinajstić information content (AvgIpc) is 3.19. The molecular weight excluding hydrogens is 270 g/mol. The van der Waals surface area contributed by atoms with E-state index in [0.29, 0.717) is 6.04 Å². The third-order valence-corrected chi connectivity index (χ3v) is 3.00. The zero-order valence-corrected chi connectivity index (χ0v) is 10.8. The van der Waals surface area contributed by atoms with E-state index in [9.17, 15) is 10.1 Å². The molecule has 0 saturated heterocycles. The van der Waals surface area contributed by atoms with E-state index in [2.05, 4.69) is 11.4 Å². The zero-order chi connectivity index (χ0) is 13.8. The molecule has 1 fully saturated rings. The molecule has 1 saturated carbocycles. The lowest BCUT2D eigenvalue weighted by atomic mass is 10.3. The van der Waals surface area contributed by atoms with Crippen LogP contribution >= 0.6 is 11.6 Å². The van der Waals surface area contributed by atoms with Gasteiger partial charge in [-0.2, -0.15) is 5.26 Å². The fourth-order valence-corrected chi connectivity index (χ4v) is 1.83. The van der Waals surface area contributed by atoms with Crippen LogP contribution < -0.4 is 10.1 Å². The predicted octanol–water partition coefficient (Wildman–Crippen LogP) is 2.27. The smallest absolute Gasteiger partial charge is 0.312 e. The van der Waals surface area contributed by atoms with E-state index in [1.165, 1.54) is 18.2 Å². The van der Waals surface area contributed by atoms with Crippen molar-refractivity contribution >= 4 is 17.3 Å². The van der Waals surface area contributed by atoms with Gasteiger partial charge in [0, 0.05) is 12.1 Å². The van der Waals surface area contributed by atoms with Crippen molar-refractivity contribution < 1.29 is 9.66 Å². The Morgan fingerprint density at radius 2 is 2.37 bits per heavy atom. The summed E-state index contributed by atoms with van der Waals surface area (Å²) >= 11 is 5.89. The van der Waals surface area contributed by atoms with Gasteiger partial charge in [-0.05, 0) is 18.9 Å². The fraction of sp³-hybridized carbons (Fsp3) is 0.417. The number of halogens is 1. The number of para-hydroxylation sites is 1. The van der Waals surface area contributed by atoms with Gasteiger partial charge in [0.15, 0.2) is 0 Å². The van der Waals surface area contributed by atoms with E-state index in [0.717, 1.165) is 12.8 Å². The molecule has 1 aliphatic rings. The molecule has 1 atom stereocenters. The highest BCUT2D eigenvalue weighted by Crippen LogP contribution is 2.34. The number of nitriles is 1. The molecular formula is C12H12ClN3O3. The first-order valence-electron chi connectivity index (χ1n) is 5.83. The second-order valence-corrected chi connectivity index (χ2v) is 4.69. The molecule has 1 aromatic carbocycles. The van der Waals surface area contributed by atoms with Gasteiger partial charge >= 0.3 is 5.69 Å². The van der Waals surface area contributed by atoms with Crippen molar-refractivity contribution in [2.45, 2.75) is 24.9 Å². The number of hydrogen-bond donors (Lipinski definition) is 1. The average molecular weight is 282 g/mol. The molecule has 0 spiro atoms. The highest BCUT2D eigenvalue weighted by atomic mass is 35.5. The Balaban J connectivity index is 2.05. The van der Waals surface area contributed by atoms with E-state index in [-0.39, 0.29) is 23.1 Å². The Morgan fingerprint density at radius 3 is 2.95 bits per heavy atom. The fourth-order valence-electron chi connectivity index (χ4n) is 1.61. The number of nitrogens with zero attached hydrogens (tertiary/aromatic N) is 2. The molecule has 0 aliphatic heterocycles. The Morgan fingerprint density at radius 1 is 1.63 bits per heavy atom. The number of nitrogens with one attached hydrogen (secondary N) is 1. The van der Waals surface area contributed by atoms with Crippen LogP contribution in [0, 0.1) is 21.4 Å². The third-order valence-electron chi connectivity index (χ3n) is 2.71. The number of nitro groups is 1. The zero-order valence-electron chi connectivity index (χ0n) is 10.0. The van der Waals surface area contributed by atoms with Crippen molar-refractivity contribution in [3.8, 4) is 11.8 Å². The van der Waals surface area contributed by atoms with E-state index >= 15 is 0 Å². The number of nitro benzene ring substituents is 1. The van der Waals surface area contributed by atoms with Crippen molar-refractivity contribution in [2.75, 3.05) is 6.61 Å². The Labute approximate surface area is 115 Å². The van der Waals surface area contributed by atoms with Gasteiger partial charge in [-0.25, -0.2) is 0 Å². The van der Waals surface area contributed by atoms with Crippen molar-refractivity contribution in [3.63, 3.8) is 0 Å². The first-order valence-corrected chi connectivity index (χ1v) is 6.21. The highest BCUT2D eigenvalue weighted by molar-refractivity contribution is 6.32. The maximum absolute atomic E-state index is 10.9. The Bertz CT molecular complexity index is 525. The number of rotatable bonds is 6. The summed E-state index contributed by atoms with van der Waals surface area (Å²) in [5.74, 6) is 0.00649. The van der Waals surface area contributed by atoms with Crippen molar-refractivity contribution in [1.29, 1.82) is 5.26 Å². The van der Waals surface area contributed by atoms with Crippen LogP contribution in [0.15, 0.2) is 18.2 Å². The molecule has 2 rings (SSSR count). The molecule has 1 N–H and O–H groups in total. The van der Waals surface area contributed by atoms with Crippen LogP contribution in [0.3, 0.4) is 0 Å². The molecule has 1 aromatic rings. The van der Waals surface area contributed by atoms with Gasteiger partial charge in [-0.3, -0.25) is 15.4 Å². The van der Waals surface area contributed by atoms with Crippen LogP contribution in [-0.4, -0.2) is 23.6 Å². The maximum Gasteiger partial charge on any atom is 0.312 e. The van der Waals surface area contributed by atoms with Crippen molar-refractivity contribution in [2.24, 2.45) is 0 Å². The largest absolute Gasteiger partial charge is 0.483 e. The predicted molar refractivity (Wildman–Crippen MR) is 69.2 cm³/mol. The van der Waals surface area contributed by atoms with E-state index in [1.807, 2.05) is 0 Å². The lowest BCUT2D eigenvalue weighted by molar-refractivity contribution is -0.385. The van der Waals surface area contributed by atoms with Gasteiger partial charge in [0.25, 0.3) is 0 Å². The quantitative estimate of drug-likeness (QED) is 0.638. The van der Waals surface area contributed by atoms with E-state index in [1.54, 1.807) is 0 Å². The molecule has 0 bridgehead atoms. The second kappa shape index (κ2) is 5.87. The van der Waals surface area contributed by atoms with Crippen LogP contribution in [0.25, 0.3) is 0 Å². The summed E-state index contributed by atoms with van der Waals surface area (Å²) in [6, 6.07) is 6.24. The molecule has 6 nitrogen and oxygen atoms in total. The van der Waals surface area contributed by atoms with Crippen LogP contribution in [0.5, 0.6) is 5.75 Å². The maximum atomic E-state index is 10.9.